The van der Waals surface area contributed by atoms with Gasteiger partial charge in [-0.05, 0) is 32.0 Å². The SMILES string of the molecule is N#CCCOCCN1CCC(c2nccc(-c3cncnc3)n2)CC1. The monoisotopic (exact) mass is 338 g/mol. The summed E-state index contributed by atoms with van der Waals surface area (Å²) in [6, 6.07) is 3.98. The number of hydrogen-bond acceptors (Lipinski definition) is 7. The van der Waals surface area contributed by atoms with Gasteiger partial charge in [0.05, 0.1) is 31.4 Å². The third-order valence-electron chi connectivity index (χ3n) is 4.39. The van der Waals surface area contributed by atoms with Gasteiger partial charge in [0.15, 0.2) is 0 Å². The Hall–Kier alpha value is -2.43. The molecule has 0 radical (unpaired) electrons. The van der Waals surface area contributed by atoms with Gasteiger partial charge in [0.1, 0.15) is 12.2 Å². The molecule has 0 bridgehead atoms. The number of aromatic nitrogens is 4. The lowest BCUT2D eigenvalue weighted by atomic mass is 9.96. The highest BCUT2D eigenvalue weighted by atomic mass is 16.5. The summed E-state index contributed by atoms with van der Waals surface area (Å²) in [7, 11) is 0. The Morgan fingerprint density at radius 3 is 2.76 bits per heavy atom. The van der Waals surface area contributed by atoms with Crippen LogP contribution in [0.25, 0.3) is 11.3 Å². The van der Waals surface area contributed by atoms with Crippen LogP contribution in [0.3, 0.4) is 0 Å². The maximum absolute atomic E-state index is 8.48. The molecule has 1 fully saturated rings. The van der Waals surface area contributed by atoms with E-state index in [1.165, 1.54) is 6.33 Å². The van der Waals surface area contributed by atoms with Gasteiger partial charge in [-0.15, -0.1) is 0 Å². The van der Waals surface area contributed by atoms with Crippen LogP contribution in [0.15, 0.2) is 31.0 Å². The van der Waals surface area contributed by atoms with Gasteiger partial charge >= 0.3 is 0 Å². The van der Waals surface area contributed by atoms with Crippen molar-refractivity contribution in [2.24, 2.45) is 0 Å². The third kappa shape index (κ3) is 5.02. The molecule has 0 spiro atoms. The predicted octanol–water partition coefficient (Wildman–Crippen LogP) is 2.04. The average Bonchev–Trinajstić information content (AvgIpc) is 2.69. The van der Waals surface area contributed by atoms with E-state index in [0.717, 1.165) is 49.6 Å². The van der Waals surface area contributed by atoms with Crippen molar-refractivity contribution in [3.05, 3.63) is 36.8 Å². The number of piperidine rings is 1. The molecule has 0 N–H and O–H groups in total. The zero-order chi connectivity index (χ0) is 17.3. The molecule has 7 nitrogen and oxygen atoms in total. The van der Waals surface area contributed by atoms with E-state index in [2.05, 4.69) is 25.9 Å². The molecule has 25 heavy (non-hydrogen) atoms. The fourth-order valence-corrected chi connectivity index (χ4v) is 2.99. The first-order chi connectivity index (χ1) is 12.4. The minimum Gasteiger partial charge on any atom is -0.379 e. The molecule has 2 aromatic heterocycles. The molecule has 0 aromatic carbocycles. The standard InChI is InChI=1S/C18H22N6O/c19-5-1-10-25-11-9-24-7-3-15(4-8-24)18-22-6-2-17(23-18)16-12-20-14-21-13-16/h2,6,12-15H,1,3-4,7-11H2. The molecule has 0 aliphatic carbocycles. The van der Waals surface area contributed by atoms with E-state index in [9.17, 15) is 0 Å². The lowest BCUT2D eigenvalue weighted by Gasteiger charge is -2.31. The Morgan fingerprint density at radius 2 is 2.00 bits per heavy atom. The second-order valence-corrected chi connectivity index (χ2v) is 6.06. The molecule has 7 heteroatoms. The quantitative estimate of drug-likeness (QED) is 0.714. The van der Waals surface area contributed by atoms with Crippen molar-refractivity contribution < 1.29 is 4.74 Å². The smallest absolute Gasteiger partial charge is 0.132 e. The van der Waals surface area contributed by atoms with Crippen LogP contribution in [0, 0.1) is 11.3 Å². The van der Waals surface area contributed by atoms with Crippen molar-refractivity contribution >= 4 is 0 Å². The summed E-state index contributed by atoms with van der Waals surface area (Å²) in [4.78, 5) is 19.7. The highest BCUT2D eigenvalue weighted by molar-refractivity contribution is 5.55. The molecule has 1 aliphatic rings. The first-order valence-corrected chi connectivity index (χ1v) is 8.62. The minimum atomic E-state index is 0.389. The highest BCUT2D eigenvalue weighted by Crippen LogP contribution is 2.26. The molecule has 0 atom stereocenters. The van der Waals surface area contributed by atoms with Crippen molar-refractivity contribution in [3.63, 3.8) is 0 Å². The molecule has 0 amide bonds. The van der Waals surface area contributed by atoms with Crippen LogP contribution in [0.4, 0.5) is 0 Å². The summed E-state index contributed by atoms with van der Waals surface area (Å²) in [5.41, 5.74) is 1.79. The van der Waals surface area contributed by atoms with E-state index in [4.69, 9.17) is 15.0 Å². The van der Waals surface area contributed by atoms with E-state index in [0.29, 0.717) is 25.6 Å². The largest absolute Gasteiger partial charge is 0.379 e. The van der Waals surface area contributed by atoms with Gasteiger partial charge < -0.3 is 9.64 Å². The average molecular weight is 338 g/mol. The zero-order valence-corrected chi connectivity index (χ0v) is 14.2. The van der Waals surface area contributed by atoms with Crippen LogP contribution in [-0.4, -0.2) is 57.7 Å². The van der Waals surface area contributed by atoms with Crippen LogP contribution in [0.2, 0.25) is 0 Å². The second kappa shape index (κ2) is 9.16. The fourth-order valence-electron chi connectivity index (χ4n) is 2.99. The molecule has 3 rings (SSSR count). The van der Waals surface area contributed by atoms with Gasteiger partial charge in [-0.2, -0.15) is 5.26 Å². The summed E-state index contributed by atoms with van der Waals surface area (Å²) in [5, 5.41) is 8.48. The van der Waals surface area contributed by atoms with E-state index in [-0.39, 0.29) is 0 Å². The van der Waals surface area contributed by atoms with Crippen LogP contribution < -0.4 is 0 Å². The van der Waals surface area contributed by atoms with Gasteiger partial charge in [0.2, 0.25) is 0 Å². The Morgan fingerprint density at radius 1 is 1.20 bits per heavy atom. The van der Waals surface area contributed by atoms with Gasteiger partial charge in [-0.3, -0.25) is 0 Å². The Balaban J connectivity index is 1.51. The Labute approximate surface area is 147 Å². The van der Waals surface area contributed by atoms with Gasteiger partial charge in [0.25, 0.3) is 0 Å². The summed E-state index contributed by atoms with van der Waals surface area (Å²) in [6.45, 7) is 4.17. The lowest BCUT2D eigenvalue weighted by Crippen LogP contribution is -2.35. The normalized spacial score (nSPS) is 15.8. The molecule has 1 aliphatic heterocycles. The maximum atomic E-state index is 8.48. The molecule has 130 valence electrons. The van der Waals surface area contributed by atoms with Crippen LogP contribution >= 0.6 is 0 Å². The van der Waals surface area contributed by atoms with Crippen LogP contribution in [0.1, 0.15) is 31.0 Å². The first kappa shape index (κ1) is 17.4. The Bertz CT molecular complexity index is 694. The number of rotatable bonds is 7. The lowest BCUT2D eigenvalue weighted by molar-refractivity contribution is 0.0967. The van der Waals surface area contributed by atoms with E-state index >= 15 is 0 Å². The first-order valence-electron chi connectivity index (χ1n) is 8.62. The molecule has 2 aromatic rings. The molecule has 1 saturated heterocycles. The van der Waals surface area contributed by atoms with Crippen molar-refractivity contribution in [1.29, 1.82) is 5.26 Å². The summed E-state index contributed by atoms with van der Waals surface area (Å²) in [5.74, 6) is 1.30. The highest BCUT2D eigenvalue weighted by Gasteiger charge is 2.22. The van der Waals surface area contributed by atoms with Crippen molar-refractivity contribution in [2.45, 2.75) is 25.2 Å². The topological polar surface area (TPSA) is 87.8 Å². The maximum Gasteiger partial charge on any atom is 0.132 e. The summed E-state index contributed by atoms with van der Waals surface area (Å²) in [6.07, 6.45) is 9.44. The van der Waals surface area contributed by atoms with Gasteiger partial charge in [0, 0.05) is 36.6 Å². The molecular weight excluding hydrogens is 316 g/mol. The predicted molar refractivity (Wildman–Crippen MR) is 92.5 cm³/mol. The molecular formula is C18H22N6O. The molecule has 0 unspecified atom stereocenters. The van der Waals surface area contributed by atoms with E-state index in [1.54, 1.807) is 12.4 Å². The number of nitriles is 1. The summed E-state index contributed by atoms with van der Waals surface area (Å²) >= 11 is 0. The molecule has 3 heterocycles. The number of likely N-dealkylation sites (tertiary alicyclic amines) is 1. The van der Waals surface area contributed by atoms with Crippen molar-refractivity contribution in [2.75, 3.05) is 32.8 Å². The van der Waals surface area contributed by atoms with Crippen LogP contribution in [-0.2, 0) is 4.74 Å². The van der Waals surface area contributed by atoms with Crippen molar-refractivity contribution in [3.8, 4) is 17.3 Å². The van der Waals surface area contributed by atoms with Gasteiger partial charge in [-0.1, -0.05) is 0 Å². The molecule has 0 saturated carbocycles. The number of ether oxygens (including phenoxy) is 1. The van der Waals surface area contributed by atoms with E-state index in [1.807, 2.05) is 12.3 Å². The fraction of sp³-hybridized carbons (Fsp3) is 0.500. The Kier molecular flexibility index (Phi) is 6.37. The zero-order valence-electron chi connectivity index (χ0n) is 14.2. The van der Waals surface area contributed by atoms with Crippen molar-refractivity contribution in [1.82, 2.24) is 24.8 Å². The van der Waals surface area contributed by atoms with Gasteiger partial charge in [-0.25, -0.2) is 19.9 Å². The third-order valence-corrected chi connectivity index (χ3v) is 4.39. The number of nitrogens with zero attached hydrogens (tertiary/aromatic N) is 6. The number of hydrogen-bond donors (Lipinski definition) is 0. The van der Waals surface area contributed by atoms with Crippen LogP contribution in [0.5, 0.6) is 0 Å². The minimum absolute atomic E-state index is 0.389. The van der Waals surface area contributed by atoms with E-state index < -0.39 is 0 Å². The second-order valence-electron chi connectivity index (χ2n) is 6.06. The summed E-state index contributed by atoms with van der Waals surface area (Å²) < 4.78 is 5.45.